The number of hydrogen-bond donors (Lipinski definition) is 2. The van der Waals surface area contributed by atoms with Gasteiger partial charge in [-0.1, -0.05) is 0 Å². The first-order chi connectivity index (χ1) is 8.68. The van der Waals surface area contributed by atoms with Gasteiger partial charge in [-0.05, 0) is 31.7 Å². The summed E-state index contributed by atoms with van der Waals surface area (Å²) in [5.41, 5.74) is 0.470. The Morgan fingerprint density at radius 2 is 2.33 bits per heavy atom. The number of carbonyl (C=O) groups is 2. The van der Waals surface area contributed by atoms with Gasteiger partial charge in [0.15, 0.2) is 0 Å². The second-order valence-electron chi connectivity index (χ2n) is 4.55. The molecule has 6 heteroatoms. The van der Waals surface area contributed by atoms with Crippen LogP contribution in [0.25, 0.3) is 0 Å². The molecule has 0 bridgehead atoms. The molecule has 0 aromatic carbocycles. The Morgan fingerprint density at radius 1 is 1.50 bits per heavy atom. The van der Waals surface area contributed by atoms with E-state index in [9.17, 15) is 9.59 Å². The molecule has 2 heterocycles. The Balaban J connectivity index is 2.03. The van der Waals surface area contributed by atoms with Gasteiger partial charge in [0, 0.05) is 25.2 Å². The molecule has 0 radical (unpaired) electrons. The Hall–Kier alpha value is -1.85. The number of likely N-dealkylation sites (tertiary alicyclic amines) is 1. The van der Waals surface area contributed by atoms with E-state index in [1.54, 1.807) is 17.2 Å². The summed E-state index contributed by atoms with van der Waals surface area (Å²) in [6.07, 6.45) is 5.09. The minimum Gasteiger partial charge on any atom is -0.481 e. The van der Waals surface area contributed by atoms with Crippen molar-refractivity contribution >= 4 is 11.9 Å². The predicted octanol–water partition coefficient (Wildman–Crippen LogP) is 1.27. The van der Waals surface area contributed by atoms with Crippen molar-refractivity contribution in [1.29, 1.82) is 0 Å². The van der Waals surface area contributed by atoms with Gasteiger partial charge < -0.3 is 10.0 Å². The lowest BCUT2D eigenvalue weighted by atomic mass is 9.97. The molecule has 1 fully saturated rings. The lowest BCUT2D eigenvalue weighted by Crippen LogP contribution is -2.44. The number of nitrogens with one attached hydrogen (secondary N) is 1. The van der Waals surface area contributed by atoms with Crippen molar-refractivity contribution in [1.82, 2.24) is 15.1 Å². The molecule has 1 aromatic rings. The summed E-state index contributed by atoms with van der Waals surface area (Å²) in [6.45, 7) is 0.697. The number of carbonyl (C=O) groups excluding carboxylic acids is 1. The van der Waals surface area contributed by atoms with Crippen LogP contribution < -0.4 is 0 Å². The normalized spacial score (nSPS) is 19.8. The van der Waals surface area contributed by atoms with Gasteiger partial charge in [-0.15, -0.1) is 0 Å². The van der Waals surface area contributed by atoms with Crippen molar-refractivity contribution in [3.8, 4) is 0 Å². The van der Waals surface area contributed by atoms with E-state index in [1.807, 2.05) is 0 Å². The molecular formula is C12H17N3O3. The Morgan fingerprint density at radius 3 is 3.00 bits per heavy atom. The molecule has 1 aliphatic heterocycles. The molecule has 1 aromatic heterocycles. The topological polar surface area (TPSA) is 86.3 Å². The van der Waals surface area contributed by atoms with Gasteiger partial charge in [0.05, 0.1) is 0 Å². The van der Waals surface area contributed by atoms with Crippen LogP contribution in [0.15, 0.2) is 12.3 Å². The van der Waals surface area contributed by atoms with E-state index in [1.165, 1.54) is 0 Å². The summed E-state index contributed by atoms with van der Waals surface area (Å²) in [4.78, 5) is 24.6. The van der Waals surface area contributed by atoms with E-state index in [4.69, 9.17) is 5.11 Å². The molecule has 18 heavy (non-hydrogen) atoms. The van der Waals surface area contributed by atoms with Crippen LogP contribution in [-0.2, 0) is 4.79 Å². The average Bonchev–Trinajstić information content (AvgIpc) is 2.89. The predicted molar refractivity (Wildman–Crippen MR) is 64.1 cm³/mol. The first-order valence-electron chi connectivity index (χ1n) is 6.20. The van der Waals surface area contributed by atoms with E-state index in [0.717, 1.165) is 19.3 Å². The fraction of sp³-hybridized carbons (Fsp3) is 0.583. The number of carboxylic acid groups (broad SMARTS) is 1. The van der Waals surface area contributed by atoms with E-state index in [0.29, 0.717) is 18.7 Å². The summed E-state index contributed by atoms with van der Waals surface area (Å²) >= 11 is 0. The summed E-state index contributed by atoms with van der Waals surface area (Å²) < 4.78 is 0. The second kappa shape index (κ2) is 5.66. The maximum atomic E-state index is 12.2. The van der Waals surface area contributed by atoms with Crippen LogP contribution in [0.1, 0.15) is 42.6 Å². The maximum Gasteiger partial charge on any atom is 0.303 e. The molecule has 0 aliphatic carbocycles. The van der Waals surface area contributed by atoms with Crippen LogP contribution in [0.2, 0.25) is 0 Å². The monoisotopic (exact) mass is 251 g/mol. The van der Waals surface area contributed by atoms with E-state index in [-0.39, 0.29) is 18.4 Å². The third-order valence-corrected chi connectivity index (χ3v) is 3.31. The van der Waals surface area contributed by atoms with Crippen LogP contribution in [0, 0.1) is 0 Å². The molecule has 1 atom stereocenters. The van der Waals surface area contributed by atoms with Gasteiger partial charge in [-0.25, -0.2) is 0 Å². The zero-order valence-electron chi connectivity index (χ0n) is 10.1. The highest BCUT2D eigenvalue weighted by molar-refractivity contribution is 5.92. The van der Waals surface area contributed by atoms with Gasteiger partial charge in [0.1, 0.15) is 5.69 Å². The van der Waals surface area contributed by atoms with E-state index in [2.05, 4.69) is 10.2 Å². The van der Waals surface area contributed by atoms with Crippen LogP contribution in [0.5, 0.6) is 0 Å². The minimum atomic E-state index is -0.811. The standard InChI is InChI=1S/C12H17N3O3/c16-11(17)5-4-9-3-1-2-8-15(9)12(18)10-6-7-13-14-10/h6-7,9H,1-5,8H2,(H,13,14)(H,16,17). The zero-order valence-corrected chi connectivity index (χ0v) is 10.1. The molecule has 6 nitrogen and oxygen atoms in total. The number of rotatable bonds is 4. The quantitative estimate of drug-likeness (QED) is 0.843. The van der Waals surface area contributed by atoms with Crippen molar-refractivity contribution in [2.45, 2.75) is 38.1 Å². The largest absolute Gasteiger partial charge is 0.481 e. The van der Waals surface area contributed by atoms with E-state index < -0.39 is 5.97 Å². The van der Waals surface area contributed by atoms with Crippen LogP contribution >= 0.6 is 0 Å². The summed E-state index contributed by atoms with van der Waals surface area (Å²) in [6, 6.07) is 1.68. The first-order valence-corrected chi connectivity index (χ1v) is 6.20. The second-order valence-corrected chi connectivity index (χ2v) is 4.55. The first kappa shape index (κ1) is 12.6. The summed E-state index contributed by atoms with van der Waals surface area (Å²) in [5, 5.41) is 15.2. The van der Waals surface area contributed by atoms with Crippen molar-refractivity contribution < 1.29 is 14.7 Å². The number of nitrogens with zero attached hydrogens (tertiary/aromatic N) is 2. The number of piperidine rings is 1. The third kappa shape index (κ3) is 2.88. The lowest BCUT2D eigenvalue weighted by molar-refractivity contribution is -0.137. The summed E-state index contributed by atoms with van der Waals surface area (Å²) in [5.74, 6) is -0.892. The molecule has 98 valence electrons. The maximum absolute atomic E-state index is 12.2. The van der Waals surface area contributed by atoms with E-state index >= 15 is 0 Å². The number of aliphatic carboxylic acids is 1. The number of H-pyrrole nitrogens is 1. The van der Waals surface area contributed by atoms with Gasteiger partial charge in [-0.3, -0.25) is 14.7 Å². The summed E-state index contributed by atoms with van der Waals surface area (Å²) in [7, 11) is 0. The number of carboxylic acids is 1. The minimum absolute atomic E-state index is 0.0330. The highest BCUT2D eigenvalue weighted by Crippen LogP contribution is 2.22. The van der Waals surface area contributed by atoms with Crippen molar-refractivity contribution in [2.24, 2.45) is 0 Å². The fourth-order valence-electron chi connectivity index (χ4n) is 2.39. The fourth-order valence-corrected chi connectivity index (χ4v) is 2.39. The Labute approximate surface area is 105 Å². The molecule has 1 saturated heterocycles. The lowest BCUT2D eigenvalue weighted by Gasteiger charge is -2.35. The number of aromatic nitrogens is 2. The molecule has 0 spiro atoms. The molecule has 2 N–H and O–H groups in total. The SMILES string of the molecule is O=C(O)CCC1CCCCN1C(=O)c1ccn[nH]1. The van der Waals surface area contributed by atoms with Crippen LogP contribution in [-0.4, -0.2) is 44.7 Å². The van der Waals surface area contributed by atoms with Gasteiger partial charge in [0.25, 0.3) is 5.91 Å². The Bertz CT molecular complexity index is 416. The van der Waals surface area contributed by atoms with Gasteiger partial charge >= 0.3 is 5.97 Å². The van der Waals surface area contributed by atoms with Gasteiger partial charge in [-0.2, -0.15) is 5.10 Å². The number of amides is 1. The highest BCUT2D eigenvalue weighted by Gasteiger charge is 2.28. The average molecular weight is 251 g/mol. The number of aromatic amines is 1. The molecule has 1 amide bonds. The van der Waals surface area contributed by atoms with Gasteiger partial charge in [0.2, 0.25) is 0 Å². The third-order valence-electron chi connectivity index (χ3n) is 3.31. The number of hydrogen-bond acceptors (Lipinski definition) is 3. The zero-order chi connectivity index (χ0) is 13.0. The molecule has 2 rings (SSSR count). The van der Waals surface area contributed by atoms with Crippen molar-refractivity contribution in [2.75, 3.05) is 6.54 Å². The van der Waals surface area contributed by atoms with Crippen molar-refractivity contribution in [3.05, 3.63) is 18.0 Å². The molecule has 1 unspecified atom stereocenters. The smallest absolute Gasteiger partial charge is 0.303 e. The van der Waals surface area contributed by atoms with Crippen LogP contribution in [0.3, 0.4) is 0 Å². The molecule has 0 saturated carbocycles. The van der Waals surface area contributed by atoms with Crippen molar-refractivity contribution in [3.63, 3.8) is 0 Å². The molecular weight excluding hydrogens is 234 g/mol. The molecule has 1 aliphatic rings. The Kier molecular flexibility index (Phi) is 3.96. The van der Waals surface area contributed by atoms with Crippen LogP contribution in [0.4, 0.5) is 0 Å². The highest BCUT2D eigenvalue weighted by atomic mass is 16.4.